The molecule has 1 fully saturated rings. The molecule has 4 nitrogen and oxygen atoms in total. The molecule has 0 spiro atoms. The number of hydrogen-bond acceptors (Lipinski definition) is 2. The highest BCUT2D eigenvalue weighted by Gasteiger charge is 2.28. The molecule has 0 bridgehead atoms. The molecule has 0 aromatic carbocycles. The zero-order valence-electron chi connectivity index (χ0n) is 6.83. The Morgan fingerprint density at radius 1 is 1.58 bits per heavy atom. The smallest absolute Gasteiger partial charge is 0.295 e. The van der Waals surface area contributed by atoms with Crippen LogP contribution in [0, 0.1) is 12.3 Å². The molecule has 1 N–H and O–H groups in total. The third kappa shape index (κ3) is 1.76. The van der Waals surface area contributed by atoms with Gasteiger partial charge in [0.15, 0.2) is 0 Å². The van der Waals surface area contributed by atoms with E-state index in [-0.39, 0.29) is 11.9 Å². The number of hydrogen-bond donors (Lipinski definition) is 1. The van der Waals surface area contributed by atoms with Gasteiger partial charge in [0.2, 0.25) is 5.91 Å². The summed E-state index contributed by atoms with van der Waals surface area (Å²) in [5.74, 6) is 1.57. The predicted molar refractivity (Wildman–Crippen MR) is 43.0 cm³/mol. The van der Waals surface area contributed by atoms with Gasteiger partial charge in [0, 0.05) is 20.0 Å². The minimum absolute atomic E-state index is 0.0289. The van der Waals surface area contributed by atoms with Crippen LogP contribution in [0.1, 0.15) is 6.92 Å². The van der Waals surface area contributed by atoms with E-state index in [1.165, 1.54) is 6.92 Å². The zero-order valence-corrected chi connectivity index (χ0v) is 6.83. The van der Waals surface area contributed by atoms with Gasteiger partial charge in [-0.25, -0.2) is 0 Å². The van der Waals surface area contributed by atoms with Crippen LogP contribution in [0.15, 0.2) is 0 Å². The number of nitrogens with one attached hydrogen (secondary N) is 1. The van der Waals surface area contributed by atoms with E-state index in [4.69, 9.17) is 6.42 Å². The molecule has 64 valence electrons. The quantitative estimate of drug-likeness (QED) is 0.506. The fourth-order valence-corrected chi connectivity index (χ4v) is 1.05. The molecule has 1 saturated heterocycles. The second kappa shape index (κ2) is 3.26. The van der Waals surface area contributed by atoms with Gasteiger partial charge in [-0.2, -0.15) is 0 Å². The molecule has 1 aliphatic rings. The maximum absolute atomic E-state index is 10.7. The number of carbonyl (C=O) groups excluding carboxylic acids is 2. The lowest BCUT2D eigenvalue weighted by Crippen LogP contribution is -2.60. The number of terminal acetylenes is 1. The molecule has 1 heterocycles. The third-order valence-corrected chi connectivity index (χ3v) is 1.79. The lowest BCUT2D eigenvalue weighted by Gasteiger charge is -2.38. The number of amides is 2. The molecule has 0 radical (unpaired) electrons. The third-order valence-electron chi connectivity index (χ3n) is 1.79. The first kappa shape index (κ1) is 8.60. The molecule has 2 amide bonds. The average Bonchev–Trinajstić information content (AvgIpc) is 1.94. The van der Waals surface area contributed by atoms with Crippen LogP contribution in [-0.2, 0) is 9.59 Å². The first-order valence-electron chi connectivity index (χ1n) is 3.66. The maximum atomic E-state index is 10.7. The molecule has 0 aromatic heterocycles. The topological polar surface area (TPSA) is 49.4 Å². The van der Waals surface area contributed by atoms with E-state index in [1.807, 2.05) is 5.92 Å². The van der Waals surface area contributed by atoms with E-state index >= 15 is 0 Å². The molecule has 0 unspecified atom stereocenters. The largest absolute Gasteiger partial charge is 0.339 e. The second-order valence-corrected chi connectivity index (χ2v) is 2.74. The van der Waals surface area contributed by atoms with Crippen LogP contribution in [0.2, 0.25) is 0 Å². The standard InChI is InChI=1S/C8H10N2O2/c1-3-8(12)9-7-4-10(5-7)6(2)11/h1,7H,4-5H2,2H3,(H,9,12). The highest BCUT2D eigenvalue weighted by Crippen LogP contribution is 2.06. The fourth-order valence-electron chi connectivity index (χ4n) is 1.05. The van der Waals surface area contributed by atoms with Crippen LogP contribution >= 0.6 is 0 Å². The van der Waals surface area contributed by atoms with Gasteiger partial charge < -0.3 is 10.2 Å². The van der Waals surface area contributed by atoms with Gasteiger partial charge in [-0.15, -0.1) is 6.42 Å². The summed E-state index contributed by atoms with van der Waals surface area (Å²) in [5, 5.41) is 2.58. The van der Waals surface area contributed by atoms with Crippen molar-refractivity contribution < 1.29 is 9.59 Å². The van der Waals surface area contributed by atoms with Crippen molar-refractivity contribution in [2.75, 3.05) is 13.1 Å². The minimum atomic E-state index is -0.414. The molecule has 1 rings (SSSR count). The summed E-state index contributed by atoms with van der Waals surface area (Å²) in [7, 11) is 0. The number of rotatable bonds is 1. The molecule has 4 heteroatoms. The summed E-state index contributed by atoms with van der Waals surface area (Å²) in [4.78, 5) is 23.0. The average molecular weight is 166 g/mol. The van der Waals surface area contributed by atoms with Crippen molar-refractivity contribution in [3.8, 4) is 12.3 Å². The van der Waals surface area contributed by atoms with Gasteiger partial charge >= 0.3 is 0 Å². The van der Waals surface area contributed by atoms with Crippen molar-refractivity contribution in [3.05, 3.63) is 0 Å². The van der Waals surface area contributed by atoms with Crippen LogP contribution in [0.4, 0.5) is 0 Å². The molecule has 0 aromatic rings. The van der Waals surface area contributed by atoms with E-state index in [2.05, 4.69) is 5.32 Å². The first-order valence-corrected chi connectivity index (χ1v) is 3.66. The van der Waals surface area contributed by atoms with Crippen LogP contribution in [0.3, 0.4) is 0 Å². The molecule has 12 heavy (non-hydrogen) atoms. The predicted octanol–water partition coefficient (Wildman–Crippen LogP) is -1.03. The first-order chi connectivity index (χ1) is 5.63. The summed E-state index contributed by atoms with van der Waals surface area (Å²) in [6.45, 7) is 2.64. The molecule has 0 aliphatic carbocycles. The van der Waals surface area contributed by atoms with Crippen LogP contribution < -0.4 is 5.32 Å². The highest BCUT2D eigenvalue weighted by atomic mass is 16.2. The van der Waals surface area contributed by atoms with Crippen molar-refractivity contribution in [3.63, 3.8) is 0 Å². The Kier molecular flexibility index (Phi) is 2.34. The lowest BCUT2D eigenvalue weighted by atomic mass is 10.1. The SMILES string of the molecule is C#CC(=O)NC1CN(C(C)=O)C1. The minimum Gasteiger partial charge on any atom is -0.339 e. The fraction of sp³-hybridized carbons (Fsp3) is 0.500. The van der Waals surface area contributed by atoms with Crippen LogP contribution in [-0.4, -0.2) is 35.8 Å². The molecular formula is C8H10N2O2. The van der Waals surface area contributed by atoms with E-state index < -0.39 is 5.91 Å². The molecule has 1 aliphatic heterocycles. The van der Waals surface area contributed by atoms with Gasteiger partial charge in [-0.1, -0.05) is 0 Å². The van der Waals surface area contributed by atoms with Crippen LogP contribution in [0.5, 0.6) is 0 Å². The summed E-state index contributed by atoms with van der Waals surface area (Å²) >= 11 is 0. The summed E-state index contributed by atoms with van der Waals surface area (Å²) in [5.41, 5.74) is 0. The van der Waals surface area contributed by atoms with Crippen molar-refractivity contribution >= 4 is 11.8 Å². The lowest BCUT2D eigenvalue weighted by molar-refractivity contribution is -0.135. The van der Waals surface area contributed by atoms with Gasteiger partial charge in [-0.3, -0.25) is 9.59 Å². The van der Waals surface area contributed by atoms with Crippen molar-refractivity contribution in [2.45, 2.75) is 13.0 Å². The van der Waals surface area contributed by atoms with Crippen molar-refractivity contribution in [1.29, 1.82) is 0 Å². The monoisotopic (exact) mass is 166 g/mol. The normalized spacial score (nSPS) is 16.2. The molecule has 0 atom stereocenters. The summed E-state index contributed by atoms with van der Waals surface area (Å²) in [6.07, 6.45) is 4.85. The van der Waals surface area contributed by atoms with E-state index in [9.17, 15) is 9.59 Å². The van der Waals surface area contributed by atoms with E-state index in [1.54, 1.807) is 4.90 Å². The highest BCUT2D eigenvalue weighted by molar-refractivity contribution is 5.93. The Balaban J connectivity index is 2.23. The van der Waals surface area contributed by atoms with Crippen molar-refractivity contribution in [1.82, 2.24) is 10.2 Å². The Morgan fingerprint density at radius 2 is 2.17 bits per heavy atom. The Labute approximate surface area is 70.9 Å². The maximum Gasteiger partial charge on any atom is 0.295 e. The Hall–Kier alpha value is -1.50. The molecular weight excluding hydrogens is 156 g/mol. The molecule has 0 saturated carbocycles. The van der Waals surface area contributed by atoms with Gasteiger partial charge in [0.1, 0.15) is 0 Å². The van der Waals surface area contributed by atoms with Crippen molar-refractivity contribution in [2.24, 2.45) is 0 Å². The summed E-state index contributed by atoms with van der Waals surface area (Å²) < 4.78 is 0. The second-order valence-electron chi connectivity index (χ2n) is 2.74. The number of likely N-dealkylation sites (tertiary alicyclic amines) is 1. The van der Waals surface area contributed by atoms with Gasteiger partial charge in [-0.05, 0) is 5.92 Å². The summed E-state index contributed by atoms with van der Waals surface area (Å²) in [6, 6.07) is 0.0393. The Bertz CT molecular complexity index is 248. The van der Waals surface area contributed by atoms with Crippen LogP contribution in [0.25, 0.3) is 0 Å². The van der Waals surface area contributed by atoms with Gasteiger partial charge in [0.25, 0.3) is 5.91 Å². The van der Waals surface area contributed by atoms with E-state index in [0.29, 0.717) is 13.1 Å². The number of carbonyl (C=O) groups is 2. The van der Waals surface area contributed by atoms with E-state index in [0.717, 1.165) is 0 Å². The zero-order chi connectivity index (χ0) is 9.14. The number of nitrogens with zero attached hydrogens (tertiary/aromatic N) is 1. The van der Waals surface area contributed by atoms with Gasteiger partial charge in [0.05, 0.1) is 6.04 Å². The Morgan fingerprint density at radius 3 is 2.58 bits per heavy atom.